The zero-order valence-electron chi connectivity index (χ0n) is 10.9. The van der Waals surface area contributed by atoms with Crippen molar-refractivity contribution in [3.8, 4) is 5.75 Å². The number of aromatic hydroxyl groups is 1. The first-order valence-corrected chi connectivity index (χ1v) is 6.28. The maximum atomic E-state index is 12.3. The summed E-state index contributed by atoms with van der Waals surface area (Å²) in [6, 6.07) is 15.3. The van der Waals surface area contributed by atoms with Gasteiger partial charge in [-0.15, -0.1) is 0 Å². The summed E-state index contributed by atoms with van der Waals surface area (Å²) in [5.41, 5.74) is -0.213. The summed E-state index contributed by atoms with van der Waals surface area (Å²) < 4.78 is 4.95. The van der Waals surface area contributed by atoms with Gasteiger partial charge >= 0.3 is 5.63 Å². The monoisotopic (exact) mass is 281 g/mol. The highest BCUT2D eigenvalue weighted by Gasteiger charge is 2.20. The van der Waals surface area contributed by atoms with Crippen molar-refractivity contribution < 1.29 is 14.3 Å². The Morgan fingerprint density at radius 2 is 1.67 bits per heavy atom. The van der Waals surface area contributed by atoms with Crippen LogP contribution in [-0.2, 0) is 0 Å². The molecule has 5 heteroatoms. The largest absolute Gasteiger partial charge is 0.501 e. The standard InChI is InChI=1S/C16H11NO4/c18-14-13(15(19)17-10-6-2-1-3-7-10)11-8-4-5-9-12(11)21-16(14)20/h1-9,18H,(H,17,19). The molecule has 0 radical (unpaired) electrons. The minimum atomic E-state index is -0.938. The van der Waals surface area contributed by atoms with Crippen LogP contribution < -0.4 is 10.9 Å². The molecule has 1 amide bonds. The van der Waals surface area contributed by atoms with Crippen molar-refractivity contribution in [3.05, 3.63) is 70.6 Å². The fraction of sp³-hybridized carbons (Fsp3) is 0. The topological polar surface area (TPSA) is 79.5 Å². The maximum Gasteiger partial charge on any atom is 0.379 e. The van der Waals surface area contributed by atoms with Gasteiger partial charge in [0.15, 0.2) is 0 Å². The Kier molecular flexibility index (Phi) is 3.16. The molecule has 0 fully saturated rings. The number of nitrogens with one attached hydrogen (secondary N) is 1. The van der Waals surface area contributed by atoms with E-state index in [2.05, 4.69) is 5.32 Å². The molecule has 21 heavy (non-hydrogen) atoms. The SMILES string of the molecule is O=C(Nc1ccccc1)c1c(O)c(=O)oc2ccccc12. The lowest BCUT2D eigenvalue weighted by molar-refractivity contribution is 0.102. The summed E-state index contributed by atoms with van der Waals surface area (Å²) >= 11 is 0. The minimum absolute atomic E-state index is 0.0919. The van der Waals surface area contributed by atoms with E-state index in [9.17, 15) is 14.7 Å². The average molecular weight is 281 g/mol. The molecular weight excluding hydrogens is 270 g/mol. The van der Waals surface area contributed by atoms with Crippen molar-refractivity contribution in [2.75, 3.05) is 5.32 Å². The van der Waals surface area contributed by atoms with Crippen molar-refractivity contribution in [1.82, 2.24) is 0 Å². The Balaban J connectivity index is 2.13. The van der Waals surface area contributed by atoms with Crippen molar-refractivity contribution >= 4 is 22.6 Å². The molecule has 1 heterocycles. The van der Waals surface area contributed by atoms with E-state index in [1.54, 1.807) is 48.5 Å². The summed E-state index contributed by atoms with van der Waals surface area (Å²) in [6.07, 6.45) is 0. The van der Waals surface area contributed by atoms with E-state index < -0.39 is 17.3 Å². The van der Waals surface area contributed by atoms with E-state index in [0.717, 1.165) is 0 Å². The van der Waals surface area contributed by atoms with E-state index in [1.165, 1.54) is 0 Å². The van der Waals surface area contributed by atoms with E-state index in [0.29, 0.717) is 11.1 Å². The highest BCUT2D eigenvalue weighted by atomic mass is 16.4. The van der Waals surface area contributed by atoms with Crippen LogP contribution in [-0.4, -0.2) is 11.0 Å². The van der Waals surface area contributed by atoms with Crippen LogP contribution in [0.2, 0.25) is 0 Å². The molecule has 0 aliphatic carbocycles. The zero-order chi connectivity index (χ0) is 14.8. The summed E-state index contributed by atoms with van der Waals surface area (Å²) in [6.45, 7) is 0. The summed E-state index contributed by atoms with van der Waals surface area (Å²) in [5.74, 6) is -1.26. The normalized spacial score (nSPS) is 10.5. The number of hydrogen-bond donors (Lipinski definition) is 2. The maximum absolute atomic E-state index is 12.3. The van der Waals surface area contributed by atoms with Gasteiger partial charge in [-0.25, -0.2) is 4.79 Å². The third-order valence-electron chi connectivity index (χ3n) is 3.05. The smallest absolute Gasteiger partial charge is 0.379 e. The van der Waals surface area contributed by atoms with E-state index in [-0.39, 0.29) is 11.1 Å². The van der Waals surface area contributed by atoms with E-state index in [1.807, 2.05) is 6.07 Å². The minimum Gasteiger partial charge on any atom is -0.501 e. The fourth-order valence-electron chi connectivity index (χ4n) is 2.08. The predicted octanol–water partition coefficient (Wildman–Crippen LogP) is 2.75. The highest BCUT2D eigenvalue weighted by molar-refractivity contribution is 6.13. The molecule has 0 bridgehead atoms. The lowest BCUT2D eigenvalue weighted by atomic mass is 10.1. The number of carbonyl (C=O) groups is 1. The molecule has 104 valence electrons. The number of para-hydroxylation sites is 2. The first-order chi connectivity index (χ1) is 10.2. The van der Waals surface area contributed by atoms with Gasteiger partial charge in [-0.2, -0.15) is 0 Å². The lowest BCUT2D eigenvalue weighted by Gasteiger charge is -2.08. The van der Waals surface area contributed by atoms with Crippen LogP contribution in [0.15, 0.2) is 63.8 Å². The van der Waals surface area contributed by atoms with E-state index >= 15 is 0 Å². The van der Waals surface area contributed by atoms with Crippen molar-refractivity contribution in [1.29, 1.82) is 0 Å². The average Bonchev–Trinajstić information content (AvgIpc) is 2.49. The third kappa shape index (κ3) is 2.36. The highest BCUT2D eigenvalue weighted by Crippen LogP contribution is 2.24. The van der Waals surface area contributed by atoms with Crippen LogP contribution in [0.1, 0.15) is 10.4 Å². The molecule has 1 aromatic heterocycles. The van der Waals surface area contributed by atoms with Crippen LogP contribution in [0.3, 0.4) is 0 Å². The second kappa shape index (κ2) is 5.13. The third-order valence-corrected chi connectivity index (χ3v) is 3.05. The van der Waals surface area contributed by atoms with Crippen LogP contribution in [0.4, 0.5) is 5.69 Å². The zero-order valence-corrected chi connectivity index (χ0v) is 10.9. The van der Waals surface area contributed by atoms with E-state index in [4.69, 9.17) is 4.42 Å². The fourth-order valence-corrected chi connectivity index (χ4v) is 2.08. The molecular formula is C16H11NO4. The first kappa shape index (κ1) is 12.9. The van der Waals surface area contributed by atoms with Crippen molar-refractivity contribution in [2.45, 2.75) is 0 Å². The molecule has 3 rings (SSSR count). The second-order valence-corrected chi connectivity index (χ2v) is 4.43. The molecule has 0 aliphatic heterocycles. The molecule has 0 saturated heterocycles. The number of anilines is 1. The number of benzene rings is 2. The number of hydrogen-bond acceptors (Lipinski definition) is 4. The predicted molar refractivity (Wildman–Crippen MR) is 78.5 cm³/mol. The quantitative estimate of drug-likeness (QED) is 0.708. The van der Waals surface area contributed by atoms with Gasteiger partial charge in [-0.1, -0.05) is 36.4 Å². The summed E-state index contributed by atoms with van der Waals surface area (Å²) in [4.78, 5) is 24.0. The Hall–Kier alpha value is -3.08. The van der Waals surface area contributed by atoms with Crippen molar-refractivity contribution in [2.24, 2.45) is 0 Å². The van der Waals surface area contributed by atoms with Gasteiger partial charge in [0.25, 0.3) is 5.91 Å². The van der Waals surface area contributed by atoms with Gasteiger partial charge < -0.3 is 14.8 Å². The summed E-state index contributed by atoms with van der Waals surface area (Å²) in [7, 11) is 0. The number of rotatable bonds is 2. The van der Waals surface area contributed by atoms with Gasteiger partial charge in [0.1, 0.15) is 11.1 Å². The molecule has 0 atom stereocenters. The molecule has 0 aliphatic rings. The van der Waals surface area contributed by atoms with Gasteiger partial charge in [0.05, 0.1) is 0 Å². The van der Waals surface area contributed by atoms with Crippen LogP contribution in [0, 0.1) is 0 Å². The van der Waals surface area contributed by atoms with Crippen LogP contribution >= 0.6 is 0 Å². The van der Waals surface area contributed by atoms with Crippen LogP contribution in [0.5, 0.6) is 5.75 Å². The lowest BCUT2D eigenvalue weighted by Crippen LogP contribution is -2.16. The van der Waals surface area contributed by atoms with Gasteiger partial charge in [-0.05, 0) is 18.2 Å². The Labute approximate surface area is 119 Å². The Morgan fingerprint density at radius 1 is 1.00 bits per heavy atom. The van der Waals surface area contributed by atoms with Gasteiger partial charge in [0, 0.05) is 11.1 Å². The molecule has 2 N–H and O–H groups in total. The molecule has 0 spiro atoms. The molecule has 0 saturated carbocycles. The van der Waals surface area contributed by atoms with Gasteiger partial charge in [-0.3, -0.25) is 4.79 Å². The Bertz CT molecular complexity index is 868. The number of amides is 1. The molecule has 3 aromatic rings. The second-order valence-electron chi connectivity index (χ2n) is 4.43. The first-order valence-electron chi connectivity index (χ1n) is 6.28. The van der Waals surface area contributed by atoms with Crippen LogP contribution in [0.25, 0.3) is 11.0 Å². The molecule has 5 nitrogen and oxygen atoms in total. The molecule has 0 unspecified atom stereocenters. The number of fused-ring (bicyclic) bond motifs is 1. The molecule has 2 aromatic carbocycles. The van der Waals surface area contributed by atoms with Gasteiger partial charge in [0.2, 0.25) is 5.75 Å². The van der Waals surface area contributed by atoms with Crippen molar-refractivity contribution in [3.63, 3.8) is 0 Å². The summed E-state index contributed by atoms with van der Waals surface area (Å²) in [5, 5.41) is 12.9. The number of carbonyl (C=O) groups excluding carboxylic acids is 1. The Morgan fingerprint density at radius 3 is 2.43 bits per heavy atom.